The van der Waals surface area contributed by atoms with Crippen LogP contribution in [-0.4, -0.2) is 29.9 Å². The van der Waals surface area contributed by atoms with E-state index in [0.717, 1.165) is 16.6 Å². The zero-order chi connectivity index (χ0) is 11.0. The molecule has 0 bridgehead atoms. The van der Waals surface area contributed by atoms with Gasteiger partial charge in [-0.2, -0.15) is 0 Å². The molecule has 0 saturated carbocycles. The number of nitrogens with zero attached hydrogens (tertiary/aromatic N) is 1. The highest BCUT2D eigenvalue weighted by molar-refractivity contribution is 5.78. The van der Waals surface area contributed by atoms with Gasteiger partial charge in [-0.05, 0) is 12.1 Å². The van der Waals surface area contributed by atoms with Crippen LogP contribution >= 0.6 is 0 Å². The van der Waals surface area contributed by atoms with Crippen molar-refractivity contribution < 1.29 is 9.84 Å². The molecule has 3 nitrogen and oxygen atoms in total. The summed E-state index contributed by atoms with van der Waals surface area (Å²) >= 11 is 0. The van der Waals surface area contributed by atoms with Gasteiger partial charge in [-0.15, -0.1) is 0 Å². The normalized spacial score (nSPS) is 18.3. The molecule has 1 saturated heterocycles. The summed E-state index contributed by atoms with van der Waals surface area (Å²) < 4.78 is 5.20. The Morgan fingerprint density at radius 1 is 1.19 bits per heavy atom. The van der Waals surface area contributed by atoms with Gasteiger partial charge in [0, 0.05) is 5.39 Å². The third kappa shape index (κ3) is 1.32. The largest absolute Gasteiger partial charge is 0.395 e. The van der Waals surface area contributed by atoms with Crippen molar-refractivity contribution in [3.8, 4) is 0 Å². The number of aromatic nitrogens is 1. The van der Waals surface area contributed by atoms with E-state index in [1.165, 1.54) is 0 Å². The quantitative estimate of drug-likeness (QED) is 0.825. The topological polar surface area (TPSA) is 42.4 Å². The van der Waals surface area contributed by atoms with E-state index in [-0.39, 0.29) is 12.0 Å². The molecule has 0 aliphatic carbocycles. The maximum absolute atomic E-state index is 9.44. The van der Waals surface area contributed by atoms with E-state index < -0.39 is 0 Å². The summed E-state index contributed by atoms with van der Waals surface area (Å²) in [6.07, 6.45) is 0. The van der Waals surface area contributed by atoms with Crippen LogP contribution in [0.25, 0.3) is 10.9 Å². The molecule has 0 atom stereocenters. The number of fused-ring (bicyclic) bond motifs is 1. The third-order valence-electron chi connectivity index (χ3n) is 3.20. The van der Waals surface area contributed by atoms with Crippen LogP contribution in [0.5, 0.6) is 0 Å². The molecule has 1 aromatic heterocycles. The summed E-state index contributed by atoms with van der Waals surface area (Å²) in [5.74, 6) is 0. The zero-order valence-electron chi connectivity index (χ0n) is 8.89. The van der Waals surface area contributed by atoms with Gasteiger partial charge in [0.2, 0.25) is 0 Å². The molecular weight excluding hydrogens is 202 g/mol. The van der Waals surface area contributed by atoms with Crippen LogP contribution in [-0.2, 0) is 10.2 Å². The Kier molecular flexibility index (Phi) is 2.16. The van der Waals surface area contributed by atoms with Crippen LogP contribution in [0.3, 0.4) is 0 Å². The summed E-state index contributed by atoms with van der Waals surface area (Å²) in [5, 5.41) is 10.6. The lowest BCUT2D eigenvalue weighted by molar-refractivity contribution is -0.0860. The van der Waals surface area contributed by atoms with E-state index in [2.05, 4.69) is 4.98 Å². The second-order valence-electron chi connectivity index (χ2n) is 4.32. The molecule has 1 aromatic carbocycles. The van der Waals surface area contributed by atoms with Crippen molar-refractivity contribution in [1.29, 1.82) is 0 Å². The zero-order valence-corrected chi connectivity index (χ0v) is 8.89. The van der Waals surface area contributed by atoms with E-state index in [0.29, 0.717) is 13.2 Å². The number of benzene rings is 1. The molecule has 0 unspecified atom stereocenters. The minimum Gasteiger partial charge on any atom is -0.395 e. The Morgan fingerprint density at radius 2 is 2.00 bits per heavy atom. The Hall–Kier alpha value is -1.45. The molecule has 1 aliphatic heterocycles. The lowest BCUT2D eigenvalue weighted by Gasteiger charge is -2.39. The molecule has 2 aromatic rings. The van der Waals surface area contributed by atoms with Crippen LogP contribution in [0, 0.1) is 0 Å². The van der Waals surface area contributed by atoms with Gasteiger partial charge in [0.25, 0.3) is 0 Å². The van der Waals surface area contributed by atoms with Crippen molar-refractivity contribution in [2.45, 2.75) is 5.41 Å². The second-order valence-corrected chi connectivity index (χ2v) is 4.32. The van der Waals surface area contributed by atoms with Gasteiger partial charge in [-0.3, -0.25) is 4.98 Å². The van der Waals surface area contributed by atoms with Crippen molar-refractivity contribution >= 4 is 10.9 Å². The summed E-state index contributed by atoms with van der Waals surface area (Å²) in [7, 11) is 0. The number of aliphatic hydroxyl groups is 1. The van der Waals surface area contributed by atoms with Crippen LogP contribution < -0.4 is 0 Å². The van der Waals surface area contributed by atoms with Crippen molar-refractivity contribution in [2.24, 2.45) is 0 Å². The molecular formula is C13H13NO2. The van der Waals surface area contributed by atoms with Crippen molar-refractivity contribution in [2.75, 3.05) is 19.8 Å². The minimum atomic E-state index is -0.274. The van der Waals surface area contributed by atoms with E-state index >= 15 is 0 Å². The highest BCUT2D eigenvalue weighted by Gasteiger charge is 2.41. The van der Waals surface area contributed by atoms with Gasteiger partial charge in [-0.1, -0.05) is 24.3 Å². The molecule has 0 amide bonds. The van der Waals surface area contributed by atoms with Crippen LogP contribution in [0.1, 0.15) is 5.69 Å². The lowest BCUT2D eigenvalue weighted by Crippen LogP contribution is -2.50. The van der Waals surface area contributed by atoms with Crippen molar-refractivity contribution in [3.63, 3.8) is 0 Å². The van der Waals surface area contributed by atoms with Crippen molar-refractivity contribution in [1.82, 2.24) is 4.98 Å². The van der Waals surface area contributed by atoms with Crippen LogP contribution in [0.4, 0.5) is 0 Å². The minimum absolute atomic E-state index is 0.0956. The van der Waals surface area contributed by atoms with Gasteiger partial charge in [0.1, 0.15) is 0 Å². The third-order valence-corrected chi connectivity index (χ3v) is 3.20. The van der Waals surface area contributed by atoms with E-state index in [4.69, 9.17) is 4.74 Å². The predicted molar refractivity (Wildman–Crippen MR) is 61.3 cm³/mol. The maximum Gasteiger partial charge on any atom is 0.0822 e. The highest BCUT2D eigenvalue weighted by atomic mass is 16.5. The molecule has 3 heteroatoms. The van der Waals surface area contributed by atoms with Gasteiger partial charge in [-0.25, -0.2) is 0 Å². The number of rotatable bonds is 2. The monoisotopic (exact) mass is 215 g/mol. The number of aliphatic hydroxyl groups excluding tert-OH is 1. The Labute approximate surface area is 93.7 Å². The average Bonchev–Trinajstić information content (AvgIpc) is 2.28. The second kappa shape index (κ2) is 3.54. The summed E-state index contributed by atoms with van der Waals surface area (Å²) in [5.41, 5.74) is 1.63. The molecule has 82 valence electrons. The molecule has 1 fully saturated rings. The Morgan fingerprint density at radius 3 is 2.69 bits per heavy atom. The fourth-order valence-electron chi connectivity index (χ4n) is 2.03. The van der Waals surface area contributed by atoms with Crippen LogP contribution in [0.2, 0.25) is 0 Å². The average molecular weight is 215 g/mol. The smallest absolute Gasteiger partial charge is 0.0822 e. The summed E-state index contributed by atoms with van der Waals surface area (Å²) in [6, 6.07) is 12.0. The van der Waals surface area contributed by atoms with E-state index in [1.807, 2.05) is 36.4 Å². The van der Waals surface area contributed by atoms with E-state index in [9.17, 15) is 5.11 Å². The first-order valence-electron chi connectivity index (χ1n) is 5.39. The summed E-state index contributed by atoms with van der Waals surface area (Å²) in [4.78, 5) is 4.60. The lowest BCUT2D eigenvalue weighted by atomic mass is 9.83. The number of pyridine rings is 1. The van der Waals surface area contributed by atoms with Gasteiger partial charge >= 0.3 is 0 Å². The van der Waals surface area contributed by atoms with Crippen molar-refractivity contribution in [3.05, 3.63) is 42.1 Å². The molecule has 1 N–H and O–H groups in total. The van der Waals surface area contributed by atoms with E-state index in [1.54, 1.807) is 0 Å². The molecule has 3 rings (SSSR count). The molecule has 2 heterocycles. The maximum atomic E-state index is 9.44. The SMILES string of the molecule is OCC1(c2ccc3ccccc3n2)COC1. The Balaban J connectivity index is 2.11. The molecule has 0 spiro atoms. The Bertz CT molecular complexity index is 515. The fourth-order valence-corrected chi connectivity index (χ4v) is 2.03. The first kappa shape index (κ1) is 9.75. The number of para-hydroxylation sites is 1. The number of ether oxygens (including phenoxy) is 1. The fraction of sp³-hybridized carbons (Fsp3) is 0.308. The first-order chi connectivity index (χ1) is 7.84. The van der Waals surface area contributed by atoms with Gasteiger partial charge in [0.05, 0.1) is 36.4 Å². The number of hydrogen-bond donors (Lipinski definition) is 1. The molecule has 1 aliphatic rings. The van der Waals surface area contributed by atoms with Crippen LogP contribution in [0.15, 0.2) is 36.4 Å². The molecule has 16 heavy (non-hydrogen) atoms. The number of hydrogen-bond acceptors (Lipinski definition) is 3. The van der Waals surface area contributed by atoms with Gasteiger partial charge < -0.3 is 9.84 Å². The standard InChI is InChI=1S/C13H13NO2/c15-7-13(8-16-9-13)12-6-5-10-3-1-2-4-11(10)14-12/h1-6,15H,7-9H2. The predicted octanol–water partition coefficient (Wildman–Crippen LogP) is 1.50. The highest BCUT2D eigenvalue weighted by Crippen LogP contribution is 2.31. The van der Waals surface area contributed by atoms with Gasteiger partial charge in [0.15, 0.2) is 0 Å². The molecule has 0 radical (unpaired) electrons. The first-order valence-corrected chi connectivity index (χ1v) is 5.39. The summed E-state index contributed by atoms with van der Waals surface area (Å²) in [6.45, 7) is 1.22.